The zero-order valence-electron chi connectivity index (χ0n) is 17.3. The first-order valence-corrected chi connectivity index (χ1v) is 10.1. The fraction of sp³-hybridized carbons (Fsp3) is 0.391. The fourth-order valence-electron chi connectivity index (χ4n) is 3.42. The molecular weight excluding hydrogens is 366 g/mol. The van der Waals surface area contributed by atoms with E-state index in [4.69, 9.17) is 4.74 Å². The largest absolute Gasteiger partial charge is 0.378 e. The zero-order chi connectivity index (χ0) is 20.8. The van der Waals surface area contributed by atoms with Crippen LogP contribution in [0.15, 0.2) is 42.5 Å². The van der Waals surface area contributed by atoms with Gasteiger partial charge in [0, 0.05) is 24.3 Å². The second kappa shape index (κ2) is 9.56. The predicted octanol–water partition coefficient (Wildman–Crippen LogP) is 3.91. The van der Waals surface area contributed by atoms with Crippen molar-refractivity contribution < 1.29 is 14.3 Å². The summed E-state index contributed by atoms with van der Waals surface area (Å²) in [6, 6.07) is 13.2. The van der Waals surface area contributed by atoms with Crippen molar-refractivity contribution in [2.45, 2.75) is 33.2 Å². The van der Waals surface area contributed by atoms with Gasteiger partial charge in [0.05, 0.1) is 19.3 Å². The van der Waals surface area contributed by atoms with Crippen molar-refractivity contribution in [3.8, 4) is 0 Å². The number of carbonyl (C=O) groups is 2. The van der Waals surface area contributed by atoms with Crippen molar-refractivity contribution in [2.75, 3.05) is 31.6 Å². The number of nitrogens with zero attached hydrogens (tertiary/aromatic N) is 1. The number of urea groups is 1. The number of hydrogen-bond acceptors (Lipinski definition) is 3. The van der Waals surface area contributed by atoms with Gasteiger partial charge in [-0.2, -0.15) is 0 Å². The predicted molar refractivity (Wildman–Crippen MR) is 114 cm³/mol. The van der Waals surface area contributed by atoms with Gasteiger partial charge in [-0.1, -0.05) is 37.3 Å². The van der Waals surface area contributed by atoms with Gasteiger partial charge in [-0.3, -0.25) is 4.79 Å². The average Bonchev–Trinajstić information content (AvgIpc) is 2.75. The van der Waals surface area contributed by atoms with Crippen LogP contribution < -0.4 is 10.6 Å². The molecule has 2 aromatic carbocycles. The molecule has 6 nitrogen and oxygen atoms in total. The zero-order valence-corrected chi connectivity index (χ0v) is 17.3. The normalized spacial score (nSPS) is 14.9. The number of carbonyl (C=O) groups excluding carboxylic acids is 2. The third-order valence-corrected chi connectivity index (χ3v) is 5.35. The highest BCUT2D eigenvalue weighted by atomic mass is 16.5. The molecule has 1 heterocycles. The number of aryl methyl sites for hydroxylation is 1. The minimum atomic E-state index is -0.295. The number of benzene rings is 2. The molecule has 29 heavy (non-hydrogen) atoms. The molecule has 154 valence electrons. The van der Waals surface area contributed by atoms with Crippen molar-refractivity contribution >= 4 is 17.6 Å². The van der Waals surface area contributed by atoms with E-state index in [1.807, 2.05) is 32.0 Å². The summed E-state index contributed by atoms with van der Waals surface area (Å²) in [7, 11) is 0. The summed E-state index contributed by atoms with van der Waals surface area (Å²) >= 11 is 0. The van der Waals surface area contributed by atoms with Crippen LogP contribution in [-0.2, 0) is 11.2 Å². The van der Waals surface area contributed by atoms with Crippen LogP contribution in [0.4, 0.5) is 10.5 Å². The maximum Gasteiger partial charge on any atom is 0.319 e. The molecule has 1 atom stereocenters. The van der Waals surface area contributed by atoms with Gasteiger partial charge in [0.25, 0.3) is 5.91 Å². The quantitative estimate of drug-likeness (QED) is 0.806. The van der Waals surface area contributed by atoms with Gasteiger partial charge in [0.15, 0.2) is 0 Å². The van der Waals surface area contributed by atoms with Gasteiger partial charge in [-0.25, -0.2) is 4.79 Å². The molecule has 0 radical (unpaired) electrons. The van der Waals surface area contributed by atoms with E-state index in [0.29, 0.717) is 37.6 Å². The highest BCUT2D eigenvalue weighted by Gasteiger charge is 2.21. The summed E-state index contributed by atoms with van der Waals surface area (Å²) in [5.41, 5.74) is 4.32. The highest BCUT2D eigenvalue weighted by molar-refractivity contribution is 5.99. The lowest BCUT2D eigenvalue weighted by Crippen LogP contribution is -2.41. The Hall–Kier alpha value is -2.86. The van der Waals surface area contributed by atoms with E-state index >= 15 is 0 Å². The summed E-state index contributed by atoms with van der Waals surface area (Å²) in [6.07, 6.45) is 0.987. The second-order valence-corrected chi connectivity index (χ2v) is 7.30. The van der Waals surface area contributed by atoms with Crippen LogP contribution in [0.2, 0.25) is 0 Å². The number of ether oxygens (including phenoxy) is 1. The van der Waals surface area contributed by atoms with Crippen molar-refractivity contribution in [1.82, 2.24) is 10.2 Å². The number of rotatable bonds is 5. The third-order valence-electron chi connectivity index (χ3n) is 5.35. The van der Waals surface area contributed by atoms with Gasteiger partial charge in [-0.15, -0.1) is 0 Å². The van der Waals surface area contributed by atoms with E-state index in [0.717, 1.165) is 17.5 Å². The van der Waals surface area contributed by atoms with Crippen LogP contribution in [0.1, 0.15) is 46.9 Å². The van der Waals surface area contributed by atoms with E-state index in [9.17, 15) is 9.59 Å². The number of anilines is 1. The molecule has 2 aromatic rings. The molecule has 1 fully saturated rings. The van der Waals surface area contributed by atoms with Gasteiger partial charge in [0.1, 0.15) is 0 Å². The highest BCUT2D eigenvalue weighted by Crippen LogP contribution is 2.21. The maximum atomic E-state index is 12.8. The smallest absolute Gasteiger partial charge is 0.319 e. The van der Waals surface area contributed by atoms with Gasteiger partial charge < -0.3 is 20.3 Å². The first-order chi connectivity index (χ1) is 14.0. The molecule has 0 aromatic heterocycles. The summed E-state index contributed by atoms with van der Waals surface area (Å²) in [6.45, 7) is 8.21. The second-order valence-electron chi connectivity index (χ2n) is 7.30. The lowest BCUT2D eigenvalue weighted by molar-refractivity contribution is 0.0302. The minimum absolute atomic E-state index is 0.0285. The molecule has 1 aliphatic heterocycles. The van der Waals surface area contributed by atoms with Crippen LogP contribution in [-0.4, -0.2) is 43.1 Å². The molecule has 6 heteroatoms. The number of amides is 3. The van der Waals surface area contributed by atoms with E-state index in [-0.39, 0.29) is 18.0 Å². The molecule has 2 N–H and O–H groups in total. The third kappa shape index (κ3) is 5.15. The molecule has 1 aliphatic rings. The number of morpholine rings is 1. The van der Waals surface area contributed by atoms with Crippen LogP contribution in [0.5, 0.6) is 0 Å². The topological polar surface area (TPSA) is 70.7 Å². The maximum absolute atomic E-state index is 12.8. The Morgan fingerprint density at radius 2 is 1.79 bits per heavy atom. The van der Waals surface area contributed by atoms with Gasteiger partial charge in [0.2, 0.25) is 0 Å². The van der Waals surface area contributed by atoms with E-state index in [1.165, 1.54) is 5.56 Å². The van der Waals surface area contributed by atoms with Crippen molar-refractivity contribution in [3.05, 3.63) is 64.7 Å². The lowest BCUT2D eigenvalue weighted by Gasteiger charge is -2.27. The molecular formula is C23H29N3O3. The Morgan fingerprint density at radius 3 is 2.45 bits per heavy atom. The molecule has 0 bridgehead atoms. The Balaban J connectivity index is 1.66. The Morgan fingerprint density at radius 1 is 1.10 bits per heavy atom. The minimum Gasteiger partial charge on any atom is -0.378 e. The van der Waals surface area contributed by atoms with Crippen LogP contribution >= 0.6 is 0 Å². The standard InChI is InChI=1S/C23H29N3O3/c1-4-18-8-10-19(11-9-18)17(3)24-23(28)25-21-7-5-6-20(16(21)2)22(27)26-12-14-29-15-13-26/h5-11,17H,4,12-15H2,1-3H3,(H2,24,25,28). The Labute approximate surface area is 172 Å². The average molecular weight is 396 g/mol. The summed E-state index contributed by atoms with van der Waals surface area (Å²) in [5.74, 6) is -0.0285. The van der Waals surface area contributed by atoms with Crippen LogP contribution in [0.25, 0.3) is 0 Å². The van der Waals surface area contributed by atoms with Crippen molar-refractivity contribution in [3.63, 3.8) is 0 Å². The van der Waals surface area contributed by atoms with Gasteiger partial charge >= 0.3 is 6.03 Å². The summed E-state index contributed by atoms with van der Waals surface area (Å²) in [4.78, 5) is 27.1. The Bertz CT molecular complexity index is 858. The Kier molecular flexibility index (Phi) is 6.88. The van der Waals surface area contributed by atoms with Crippen molar-refractivity contribution in [2.24, 2.45) is 0 Å². The molecule has 0 aliphatic carbocycles. The first-order valence-electron chi connectivity index (χ1n) is 10.1. The molecule has 0 saturated carbocycles. The van der Waals surface area contributed by atoms with E-state index in [1.54, 1.807) is 17.0 Å². The van der Waals surface area contributed by atoms with Gasteiger partial charge in [-0.05, 0) is 49.1 Å². The molecule has 1 saturated heterocycles. The van der Waals surface area contributed by atoms with Crippen LogP contribution in [0, 0.1) is 6.92 Å². The van der Waals surface area contributed by atoms with E-state index in [2.05, 4.69) is 29.7 Å². The SMILES string of the molecule is CCc1ccc(C(C)NC(=O)Nc2cccc(C(=O)N3CCOCC3)c2C)cc1. The number of nitrogens with one attached hydrogen (secondary N) is 2. The summed E-state index contributed by atoms with van der Waals surface area (Å²) in [5, 5.41) is 5.85. The summed E-state index contributed by atoms with van der Waals surface area (Å²) < 4.78 is 5.32. The van der Waals surface area contributed by atoms with Crippen molar-refractivity contribution in [1.29, 1.82) is 0 Å². The monoisotopic (exact) mass is 395 g/mol. The molecule has 0 spiro atoms. The fourth-order valence-corrected chi connectivity index (χ4v) is 3.42. The van der Waals surface area contributed by atoms with Crippen LogP contribution in [0.3, 0.4) is 0 Å². The van der Waals surface area contributed by atoms with E-state index < -0.39 is 0 Å². The molecule has 3 rings (SSSR count). The number of hydrogen-bond donors (Lipinski definition) is 2. The first kappa shape index (κ1) is 20.9. The molecule has 3 amide bonds. The lowest BCUT2D eigenvalue weighted by atomic mass is 10.0. The molecule has 1 unspecified atom stereocenters.